The molecule has 0 radical (unpaired) electrons. The first kappa shape index (κ1) is 12.8. The van der Waals surface area contributed by atoms with Gasteiger partial charge in [-0.05, 0) is 33.6 Å². The van der Waals surface area contributed by atoms with Gasteiger partial charge in [0.25, 0.3) is 0 Å². The van der Waals surface area contributed by atoms with Crippen LogP contribution >= 0.6 is 15.9 Å². The molecule has 0 fully saturated rings. The van der Waals surface area contributed by atoms with E-state index in [0.717, 1.165) is 5.56 Å². The van der Waals surface area contributed by atoms with Crippen molar-refractivity contribution in [3.05, 3.63) is 40.5 Å². The van der Waals surface area contributed by atoms with Crippen molar-refractivity contribution in [2.24, 2.45) is 5.73 Å². The van der Waals surface area contributed by atoms with E-state index in [9.17, 15) is 0 Å². The summed E-state index contributed by atoms with van der Waals surface area (Å²) >= 11 is 3.28. The van der Waals surface area contributed by atoms with Crippen molar-refractivity contribution in [1.29, 1.82) is 0 Å². The Morgan fingerprint density at radius 3 is 2.61 bits per heavy atom. The molecular formula is C12H12BrN3O2. The number of rotatable bonds is 4. The zero-order valence-corrected chi connectivity index (χ0v) is 11.3. The molecular weight excluding hydrogens is 298 g/mol. The number of nitrogens with two attached hydrogens (primary N) is 1. The molecule has 2 N–H and O–H groups in total. The summed E-state index contributed by atoms with van der Waals surface area (Å²) < 4.78 is 11.3. The quantitative estimate of drug-likeness (QED) is 0.939. The first-order valence-corrected chi connectivity index (χ1v) is 6.05. The number of aromatic nitrogens is 2. The van der Waals surface area contributed by atoms with Crippen LogP contribution in [0.25, 0.3) is 0 Å². The van der Waals surface area contributed by atoms with E-state index >= 15 is 0 Å². The normalized spacial score (nSPS) is 10.2. The summed E-state index contributed by atoms with van der Waals surface area (Å²) in [6, 6.07) is 7.66. The molecule has 0 amide bonds. The van der Waals surface area contributed by atoms with Gasteiger partial charge in [0.2, 0.25) is 5.88 Å². The average molecular weight is 310 g/mol. The number of halogens is 1. The van der Waals surface area contributed by atoms with Crippen LogP contribution < -0.4 is 15.2 Å². The highest BCUT2D eigenvalue weighted by Gasteiger charge is 2.06. The zero-order valence-electron chi connectivity index (χ0n) is 9.76. The minimum absolute atomic E-state index is 0.232. The van der Waals surface area contributed by atoms with Crippen LogP contribution in [0.1, 0.15) is 5.56 Å². The smallest absolute Gasteiger partial charge is 0.325 e. The highest BCUT2D eigenvalue weighted by molar-refractivity contribution is 9.10. The van der Waals surface area contributed by atoms with Gasteiger partial charge in [0.15, 0.2) is 0 Å². The lowest BCUT2D eigenvalue weighted by Crippen LogP contribution is -1.97. The zero-order chi connectivity index (χ0) is 13.0. The van der Waals surface area contributed by atoms with Gasteiger partial charge in [-0.3, -0.25) is 0 Å². The Balaban J connectivity index is 2.17. The van der Waals surface area contributed by atoms with Crippen LogP contribution in [0.5, 0.6) is 17.6 Å². The molecule has 0 atom stereocenters. The van der Waals surface area contributed by atoms with E-state index in [4.69, 9.17) is 15.2 Å². The highest BCUT2D eigenvalue weighted by atomic mass is 79.9. The number of ether oxygens (including phenoxy) is 2. The Labute approximate surface area is 113 Å². The van der Waals surface area contributed by atoms with E-state index in [2.05, 4.69) is 25.9 Å². The molecule has 0 bridgehead atoms. The third-order valence-electron chi connectivity index (χ3n) is 2.25. The predicted octanol–water partition coefficient (Wildman–Crippen LogP) is 2.50. The first-order chi connectivity index (χ1) is 8.72. The third kappa shape index (κ3) is 2.96. The second-order valence-electron chi connectivity index (χ2n) is 3.46. The summed E-state index contributed by atoms with van der Waals surface area (Å²) in [5.74, 6) is 1.08. The molecule has 2 rings (SSSR count). The molecule has 18 heavy (non-hydrogen) atoms. The van der Waals surface area contributed by atoms with Crippen molar-refractivity contribution in [3.63, 3.8) is 0 Å². The standard InChI is InChI=1S/C12H12BrN3O2/c1-17-11-10(13)7-15-12(16-11)18-9-4-2-8(6-14)3-5-9/h2-5,7H,6,14H2,1H3. The monoisotopic (exact) mass is 309 g/mol. The molecule has 94 valence electrons. The van der Waals surface area contributed by atoms with Crippen LogP contribution in [0, 0.1) is 0 Å². The summed E-state index contributed by atoms with van der Waals surface area (Å²) in [4.78, 5) is 8.14. The molecule has 6 heteroatoms. The van der Waals surface area contributed by atoms with Crippen LogP contribution in [-0.2, 0) is 6.54 Å². The lowest BCUT2D eigenvalue weighted by Gasteiger charge is -2.06. The van der Waals surface area contributed by atoms with E-state index in [0.29, 0.717) is 22.6 Å². The first-order valence-electron chi connectivity index (χ1n) is 5.26. The Hall–Kier alpha value is -1.66. The van der Waals surface area contributed by atoms with Crippen molar-refractivity contribution in [2.45, 2.75) is 6.54 Å². The van der Waals surface area contributed by atoms with Crippen molar-refractivity contribution in [3.8, 4) is 17.6 Å². The molecule has 0 aliphatic heterocycles. The van der Waals surface area contributed by atoms with Gasteiger partial charge in [-0.1, -0.05) is 12.1 Å². The average Bonchev–Trinajstić information content (AvgIpc) is 2.42. The molecule has 0 aliphatic rings. The summed E-state index contributed by atoms with van der Waals surface area (Å²) in [5, 5.41) is 0. The molecule has 1 heterocycles. The fourth-order valence-corrected chi connectivity index (χ4v) is 1.68. The van der Waals surface area contributed by atoms with Crippen molar-refractivity contribution in [2.75, 3.05) is 7.11 Å². The molecule has 1 aromatic heterocycles. The number of hydrogen-bond donors (Lipinski definition) is 1. The molecule has 5 nitrogen and oxygen atoms in total. The number of benzene rings is 1. The van der Waals surface area contributed by atoms with Gasteiger partial charge in [0.1, 0.15) is 5.75 Å². The maximum absolute atomic E-state index is 5.52. The summed E-state index contributed by atoms with van der Waals surface area (Å²) in [7, 11) is 1.53. The largest absolute Gasteiger partial charge is 0.480 e. The van der Waals surface area contributed by atoms with Crippen molar-refractivity contribution in [1.82, 2.24) is 9.97 Å². The SMILES string of the molecule is COc1nc(Oc2ccc(CN)cc2)ncc1Br. The summed E-state index contributed by atoms with van der Waals surface area (Å²) in [5.41, 5.74) is 6.56. The van der Waals surface area contributed by atoms with Crippen LogP contribution in [0.4, 0.5) is 0 Å². The van der Waals surface area contributed by atoms with E-state index in [1.54, 1.807) is 6.20 Å². The van der Waals surface area contributed by atoms with Crippen molar-refractivity contribution < 1.29 is 9.47 Å². The fraction of sp³-hybridized carbons (Fsp3) is 0.167. The topological polar surface area (TPSA) is 70.3 Å². The molecule has 0 aliphatic carbocycles. The minimum Gasteiger partial charge on any atom is -0.480 e. The van der Waals surface area contributed by atoms with Gasteiger partial charge in [-0.25, -0.2) is 4.98 Å². The summed E-state index contributed by atoms with van der Waals surface area (Å²) in [6.07, 6.45) is 1.58. The Bertz CT molecular complexity index is 531. The van der Waals surface area contributed by atoms with E-state index in [-0.39, 0.29) is 6.01 Å². The maximum atomic E-state index is 5.52. The number of methoxy groups -OCH3 is 1. The van der Waals surface area contributed by atoms with Gasteiger partial charge < -0.3 is 15.2 Å². The Kier molecular flexibility index (Phi) is 4.11. The molecule has 0 saturated heterocycles. The lowest BCUT2D eigenvalue weighted by molar-refractivity contribution is 0.373. The minimum atomic E-state index is 0.232. The molecule has 0 unspecified atom stereocenters. The van der Waals surface area contributed by atoms with Crippen LogP contribution in [0.15, 0.2) is 34.9 Å². The van der Waals surface area contributed by atoms with Crippen LogP contribution in [0.2, 0.25) is 0 Å². The molecule has 1 aromatic carbocycles. The van der Waals surface area contributed by atoms with Gasteiger partial charge in [0.05, 0.1) is 17.8 Å². The Morgan fingerprint density at radius 2 is 2.00 bits per heavy atom. The fourth-order valence-electron chi connectivity index (χ4n) is 1.33. The number of hydrogen-bond acceptors (Lipinski definition) is 5. The Morgan fingerprint density at radius 1 is 1.28 bits per heavy atom. The second kappa shape index (κ2) is 5.79. The summed E-state index contributed by atoms with van der Waals surface area (Å²) in [6.45, 7) is 0.503. The molecule has 2 aromatic rings. The predicted molar refractivity (Wildman–Crippen MR) is 70.7 cm³/mol. The number of nitrogens with zero attached hydrogens (tertiary/aromatic N) is 2. The lowest BCUT2D eigenvalue weighted by atomic mass is 10.2. The second-order valence-corrected chi connectivity index (χ2v) is 4.31. The highest BCUT2D eigenvalue weighted by Crippen LogP contribution is 2.25. The van der Waals surface area contributed by atoms with E-state index in [1.807, 2.05) is 24.3 Å². The van der Waals surface area contributed by atoms with Gasteiger partial charge >= 0.3 is 6.01 Å². The van der Waals surface area contributed by atoms with Gasteiger partial charge in [-0.15, -0.1) is 0 Å². The van der Waals surface area contributed by atoms with Crippen molar-refractivity contribution >= 4 is 15.9 Å². The van der Waals surface area contributed by atoms with E-state index < -0.39 is 0 Å². The molecule has 0 saturated carbocycles. The third-order valence-corrected chi connectivity index (χ3v) is 2.80. The van der Waals surface area contributed by atoms with Crippen LogP contribution in [-0.4, -0.2) is 17.1 Å². The maximum Gasteiger partial charge on any atom is 0.325 e. The van der Waals surface area contributed by atoms with Gasteiger partial charge in [0, 0.05) is 6.54 Å². The van der Waals surface area contributed by atoms with Gasteiger partial charge in [-0.2, -0.15) is 4.98 Å². The van der Waals surface area contributed by atoms with E-state index in [1.165, 1.54) is 7.11 Å². The molecule has 0 spiro atoms. The van der Waals surface area contributed by atoms with Crippen LogP contribution in [0.3, 0.4) is 0 Å².